The molecule has 0 aromatic heterocycles. The van der Waals surface area contributed by atoms with Crippen LogP contribution in [0.5, 0.6) is 0 Å². The zero-order valence-corrected chi connectivity index (χ0v) is 8.48. The van der Waals surface area contributed by atoms with Gasteiger partial charge in [0.15, 0.2) is 0 Å². The van der Waals surface area contributed by atoms with Crippen LogP contribution in [-0.2, 0) is 4.74 Å². The molecular formula is C10H16ClNO. The number of hydrogen-bond donors (Lipinski definition) is 1. The Hall–Kier alpha value is -0.230. The lowest BCUT2D eigenvalue weighted by molar-refractivity contribution is 0.0403. The number of piperidine rings is 1. The first-order valence-electron chi connectivity index (χ1n) is 4.69. The van der Waals surface area contributed by atoms with Crippen molar-refractivity contribution in [3.05, 3.63) is 0 Å². The van der Waals surface area contributed by atoms with Crippen LogP contribution in [0.25, 0.3) is 0 Å². The highest BCUT2D eigenvalue weighted by atomic mass is 35.5. The smallest absolute Gasteiger partial charge is 0.107 e. The standard InChI is InChI=1S/C10H15NO.ClH/c1-2-5-12-10-6-8-3-4-9(7-10)11-8;/h1,8-11H,3-7H2;1H. The first-order valence-corrected chi connectivity index (χ1v) is 4.69. The molecule has 2 atom stereocenters. The molecule has 2 rings (SSSR count). The molecule has 0 aromatic rings. The third-order valence-corrected chi connectivity index (χ3v) is 2.83. The van der Waals surface area contributed by atoms with E-state index in [4.69, 9.17) is 11.2 Å². The van der Waals surface area contributed by atoms with Gasteiger partial charge in [-0.2, -0.15) is 0 Å². The average Bonchev–Trinajstić information content (AvgIpc) is 2.42. The van der Waals surface area contributed by atoms with E-state index in [0.29, 0.717) is 24.8 Å². The molecule has 2 aliphatic rings. The van der Waals surface area contributed by atoms with Crippen LogP contribution in [0.1, 0.15) is 25.7 Å². The number of nitrogens with one attached hydrogen (secondary N) is 1. The van der Waals surface area contributed by atoms with Gasteiger partial charge >= 0.3 is 0 Å². The summed E-state index contributed by atoms with van der Waals surface area (Å²) in [5.74, 6) is 2.52. The summed E-state index contributed by atoms with van der Waals surface area (Å²) in [6.07, 6.45) is 10.5. The topological polar surface area (TPSA) is 21.3 Å². The van der Waals surface area contributed by atoms with Crippen LogP contribution in [0.3, 0.4) is 0 Å². The number of fused-ring (bicyclic) bond motifs is 2. The van der Waals surface area contributed by atoms with Crippen LogP contribution in [0, 0.1) is 12.3 Å². The maximum Gasteiger partial charge on any atom is 0.107 e. The van der Waals surface area contributed by atoms with E-state index in [0.717, 1.165) is 12.8 Å². The third-order valence-electron chi connectivity index (χ3n) is 2.83. The van der Waals surface area contributed by atoms with E-state index in [1.165, 1.54) is 12.8 Å². The van der Waals surface area contributed by atoms with E-state index in [2.05, 4.69) is 11.2 Å². The van der Waals surface area contributed by atoms with Gasteiger partial charge in [-0.05, 0) is 25.7 Å². The molecule has 3 heteroatoms. The Bertz CT molecular complexity index is 190. The minimum atomic E-state index is 0. The molecule has 0 amide bonds. The summed E-state index contributed by atoms with van der Waals surface area (Å²) in [6.45, 7) is 0.476. The van der Waals surface area contributed by atoms with E-state index >= 15 is 0 Å². The Labute approximate surface area is 85.8 Å². The SMILES string of the molecule is C#CCOC1CC2CCC(C1)N2.Cl. The van der Waals surface area contributed by atoms with Crippen molar-refractivity contribution in [1.29, 1.82) is 0 Å². The first-order chi connectivity index (χ1) is 5.88. The van der Waals surface area contributed by atoms with Crippen molar-refractivity contribution in [3.8, 4) is 12.3 Å². The molecule has 2 aliphatic heterocycles. The second-order valence-corrected chi connectivity index (χ2v) is 3.75. The van der Waals surface area contributed by atoms with Gasteiger partial charge in [-0.1, -0.05) is 5.92 Å². The Morgan fingerprint density at radius 1 is 1.31 bits per heavy atom. The molecule has 2 heterocycles. The van der Waals surface area contributed by atoms with Crippen molar-refractivity contribution in [3.63, 3.8) is 0 Å². The monoisotopic (exact) mass is 201 g/mol. The molecule has 74 valence electrons. The number of rotatable bonds is 2. The fourth-order valence-corrected chi connectivity index (χ4v) is 2.31. The molecule has 0 spiro atoms. The molecule has 0 aliphatic carbocycles. The number of halogens is 1. The summed E-state index contributed by atoms with van der Waals surface area (Å²) in [5.41, 5.74) is 0. The van der Waals surface area contributed by atoms with Gasteiger partial charge in [-0.3, -0.25) is 0 Å². The summed E-state index contributed by atoms with van der Waals surface area (Å²) in [4.78, 5) is 0. The van der Waals surface area contributed by atoms with E-state index in [-0.39, 0.29) is 12.4 Å². The van der Waals surface area contributed by atoms with E-state index in [1.807, 2.05) is 0 Å². The maximum absolute atomic E-state index is 5.54. The van der Waals surface area contributed by atoms with Gasteiger partial charge in [0.05, 0.1) is 6.10 Å². The lowest BCUT2D eigenvalue weighted by Crippen LogP contribution is -2.41. The van der Waals surface area contributed by atoms with Crippen LogP contribution in [-0.4, -0.2) is 24.8 Å². The van der Waals surface area contributed by atoms with E-state index in [9.17, 15) is 0 Å². The van der Waals surface area contributed by atoms with Crippen LogP contribution in [0.2, 0.25) is 0 Å². The van der Waals surface area contributed by atoms with Crippen molar-refractivity contribution in [1.82, 2.24) is 5.32 Å². The van der Waals surface area contributed by atoms with Crippen LogP contribution in [0.4, 0.5) is 0 Å². The quantitative estimate of drug-likeness (QED) is 0.681. The number of ether oxygens (including phenoxy) is 1. The number of hydrogen-bond acceptors (Lipinski definition) is 2. The molecule has 2 nitrogen and oxygen atoms in total. The minimum Gasteiger partial charge on any atom is -0.365 e. The summed E-state index contributed by atoms with van der Waals surface area (Å²) in [5, 5.41) is 3.57. The highest BCUT2D eigenvalue weighted by molar-refractivity contribution is 5.85. The van der Waals surface area contributed by atoms with Crippen LogP contribution < -0.4 is 5.32 Å². The van der Waals surface area contributed by atoms with Gasteiger partial charge in [0, 0.05) is 12.1 Å². The summed E-state index contributed by atoms with van der Waals surface area (Å²) < 4.78 is 5.54. The van der Waals surface area contributed by atoms with E-state index in [1.54, 1.807) is 0 Å². The largest absolute Gasteiger partial charge is 0.365 e. The van der Waals surface area contributed by atoms with Crippen molar-refractivity contribution in [2.45, 2.75) is 43.9 Å². The van der Waals surface area contributed by atoms with Gasteiger partial charge in [-0.15, -0.1) is 18.8 Å². The minimum absolute atomic E-state index is 0. The molecule has 2 unspecified atom stereocenters. The van der Waals surface area contributed by atoms with Crippen molar-refractivity contribution in [2.75, 3.05) is 6.61 Å². The molecule has 0 radical (unpaired) electrons. The Kier molecular flexibility index (Phi) is 4.05. The second kappa shape index (κ2) is 4.85. The lowest BCUT2D eigenvalue weighted by atomic mass is 10.0. The highest BCUT2D eigenvalue weighted by Crippen LogP contribution is 2.28. The Balaban J connectivity index is 0.000000845. The molecule has 2 bridgehead atoms. The van der Waals surface area contributed by atoms with Gasteiger partial charge in [-0.25, -0.2) is 0 Å². The molecule has 2 fully saturated rings. The van der Waals surface area contributed by atoms with Crippen molar-refractivity contribution in [2.24, 2.45) is 0 Å². The number of terminal acetylenes is 1. The third kappa shape index (κ3) is 2.60. The zero-order chi connectivity index (χ0) is 8.39. The molecule has 1 N–H and O–H groups in total. The predicted molar refractivity (Wildman–Crippen MR) is 55.0 cm³/mol. The van der Waals surface area contributed by atoms with Gasteiger partial charge in [0.1, 0.15) is 6.61 Å². The zero-order valence-electron chi connectivity index (χ0n) is 7.66. The fourth-order valence-electron chi connectivity index (χ4n) is 2.31. The van der Waals surface area contributed by atoms with E-state index < -0.39 is 0 Å². The van der Waals surface area contributed by atoms with Gasteiger partial charge in [0.25, 0.3) is 0 Å². The van der Waals surface area contributed by atoms with Crippen LogP contribution in [0.15, 0.2) is 0 Å². The highest BCUT2D eigenvalue weighted by Gasteiger charge is 2.33. The predicted octanol–water partition coefficient (Wildman–Crippen LogP) is 1.34. The average molecular weight is 202 g/mol. The lowest BCUT2D eigenvalue weighted by Gasteiger charge is -2.28. The van der Waals surface area contributed by atoms with Crippen LogP contribution >= 0.6 is 12.4 Å². The Morgan fingerprint density at radius 2 is 1.92 bits per heavy atom. The first kappa shape index (κ1) is 10.8. The van der Waals surface area contributed by atoms with Crippen molar-refractivity contribution >= 4 is 12.4 Å². The maximum atomic E-state index is 5.54. The molecule has 0 saturated carbocycles. The van der Waals surface area contributed by atoms with Gasteiger partial charge < -0.3 is 10.1 Å². The molecule has 0 aromatic carbocycles. The van der Waals surface area contributed by atoms with Gasteiger partial charge in [0.2, 0.25) is 0 Å². The molecular weight excluding hydrogens is 186 g/mol. The fraction of sp³-hybridized carbons (Fsp3) is 0.800. The normalized spacial score (nSPS) is 36.4. The summed E-state index contributed by atoms with van der Waals surface area (Å²) >= 11 is 0. The summed E-state index contributed by atoms with van der Waals surface area (Å²) in [6, 6.07) is 1.40. The molecule has 13 heavy (non-hydrogen) atoms. The molecule has 2 saturated heterocycles. The Morgan fingerprint density at radius 3 is 2.46 bits per heavy atom. The van der Waals surface area contributed by atoms with Crippen molar-refractivity contribution < 1.29 is 4.74 Å². The summed E-state index contributed by atoms with van der Waals surface area (Å²) in [7, 11) is 0. The second-order valence-electron chi connectivity index (χ2n) is 3.75.